The average Bonchev–Trinajstić information content (AvgIpc) is 2.67. The molecule has 3 atom stereocenters. The van der Waals surface area contributed by atoms with Crippen LogP contribution in [0.4, 0.5) is 0 Å². The van der Waals surface area contributed by atoms with Crippen molar-refractivity contribution < 1.29 is 5.32 Å². The maximum atomic E-state index is 2.58. The highest BCUT2D eigenvalue weighted by Gasteiger charge is 2.29. The van der Waals surface area contributed by atoms with E-state index in [1.54, 1.807) is 0 Å². The molecular weight excluding hydrogens is 214 g/mol. The molecule has 1 aromatic heterocycles. The van der Waals surface area contributed by atoms with Gasteiger partial charge in [0, 0.05) is 10.8 Å². The summed E-state index contributed by atoms with van der Waals surface area (Å²) in [6, 6.07) is 5.37. The Morgan fingerprint density at radius 1 is 1.31 bits per heavy atom. The number of thiophene rings is 1. The normalized spacial score (nSPS) is 30.6. The van der Waals surface area contributed by atoms with Crippen molar-refractivity contribution in [3.8, 4) is 0 Å². The van der Waals surface area contributed by atoms with Gasteiger partial charge in [-0.15, -0.1) is 11.3 Å². The van der Waals surface area contributed by atoms with E-state index in [4.69, 9.17) is 0 Å². The summed E-state index contributed by atoms with van der Waals surface area (Å²) in [6.45, 7) is 8.23. The number of aryl methyl sites for hydroxylation is 1. The molecule has 1 saturated carbocycles. The van der Waals surface area contributed by atoms with Crippen molar-refractivity contribution in [3.05, 3.63) is 21.9 Å². The van der Waals surface area contributed by atoms with Gasteiger partial charge >= 0.3 is 0 Å². The lowest BCUT2D eigenvalue weighted by atomic mass is 9.78. The molecule has 1 nitrogen and oxygen atoms in total. The quantitative estimate of drug-likeness (QED) is 0.834. The summed E-state index contributed by atoms with van der Waals surface area (Å²) in [5.74, 6) is 1.80. The highest BCUT2D eigenvalue weighted by molar-refractivity contribution is 7.11. The summed E-state index contributed by atoms with van der Waals surface area (Å²) in [4.78, 5) is 2.97. The third-order valence-corrected chi connectivity index (χ3v) is 5.21. The molecule has 2 heteroatoms. The smallest absolute Gasteiger partial charge is 0.111 e. The van der Waals surface area contributed by atoms with Gasteiger partial charge in [-0.25, -0.2) is 0 Å². The second kappa shape index (κ2) is 5.33. The van der Waals surface area contributed by atoms with Gasteiger partial charge in [0.2, 0.25) is 0 Å². The first-order valence-corrected chi connectivity index (χ1v) is 7.37. The number of hydrogen-bond acceptors (Lipinski definition) is 1. The number of hydrogen-bond donors (Lipinski definition) is 1. The number of rotatable bonds is 3. The minimum atomic E-state index is 0.853. The molecule has 0 unspecified atom stereocenters. The van der Waals surface area contributed by atoms with E-state index >= 15 is 0 Å². The Balaban J connectivity index is 1.85. The topological polar surface area (TPSA) is 16.6 Å². The molecule has 0 saturated heterocycles. The maximum Gasteiger partial charge on any atom is 0.111 e. The SMILES string of the molecule is Cc1ccc(C[NH2+][C@@H]2CCC[C@H](C)[C@@H]2C)s1. The molecular formula is C14H24NS+. The summed E-state index contributed by atoms with van der Waals surface area (Å²) < 4.78 is 0. The Morgan fingerprint density at radius 2 is 2.12 bits per heavy atom. The number of nitrogens with two attached hydrogens (primary N) is 1. The van der Waals surface area contributed by atoms with Gasteiger partial charge in [0.25, 0.3) is 0 Å². The lowest BCUT2D eigenvalue weighted by Gasteiger charge is -2.32. The van der Waals surface area contributed by atoms with Crippen molar-refractivity contribution in [2.75, 3.05) is 0 Å². The lowest BCUT2D eigenvalue weighted by molar-refractivity contribution is -0.713. The van der Waals surface area contributed by atoms with Gasteiger partial charge in [0.15, 0.2) is 0 Å². The molecule has 1 fully saturated rings. The van der Waals surface area contributed by atoms with Gasteiger partial charge in [-0.05, 0) is 44.2 Å². The van der Waals surface area contributed by atoms with Gasteiger partial charge in [-0.3, -0.25) is 0 Å². The summed E-state index contributed by atoms with van der Waals surface area (Å²) in [7, 11) is 0. The first-order chi connectivity index (χ1) is 7.66. The zero-order valence-electron chi connectivity index (χ0n) is 10.7. The molecule has 90 valence electrons. The fraction of sp³-hybridized carbons (Fsp3) is 0.714. The number of quaternary nitrogens is 1. The van der Waals surface area contributed by atoms with E-state index in [1.807, 2.05) is 11.3 Å². The molecule has 0 amide bonds. The van der Waals surface area contributed by atoms with Gasteiger partial charge in [0.05, 0.1) is 10.9 Å². The van der Waals surface area contributed by atoms with Crippen molar-refractivity contribution in [2.45, 2.75) is 52.6 Å². The average molecular weight is 238 g/mol. The van der Waals surface area contributed by atoms with Crippen LogP contribution in [0.3, 0.4) is 0 Å². The van der Waals surface area contributed by atoms with Crippen molar-refractivity contribution in [2.24, 2.45) is 11.8 Å². The van der Waals surface area contributed by atoms with Gasteiger partial charge in [-0.2, -0.15) is 0 Å². The minimum absolute atomic E-state index is 0.853. The van der Waals surface area contributed by atoms with E-state index in [0.29, 0.717) is 0 Å². The standard InChI is InChI=1S/C14H23NS/c1-10-5-4-6-14(12(10)3)15-9-13-8-7-11(2)16-13/h7-8,10,12,14-15H,4-6,9H2,1-3H3/p+1/t10-,12-,14+/m0/s1. The first-order valence-electron chi connectivity index (χ1n) is 6.55. The fourth-order valence-electron chi connectivity index (χ4n) is 2.82. The Kier molecular flexibility index (Phi) is 4.04. The van der Waals surface area contributed by atoms with Crippen LogP contribution < -0.4 is 5.32 Å². The van der Waals surface area contributed by atoms with Gasteiger partial charge < -0.3 is 5.32 Å². The highest BCUT2D eigenvalue weighted by atomic mass is 32.1. The van der Waals surface area contributed by atoms with Crippen LogP contribution in [-0.2, 0) is 6.54 Å². The van der Waals surface area contributed by atoms with Crippen LogP contribution in [0.5, 0.6) is 0 Å². The minimum Gasteiger partial charge on any atom is -0.339 e. The first kappa shape index (κ1) is 12.1. The maximum absolute atomic E-state index is 2.58. The zero-order valence-corrected chi connectivity index (χ0v) is 11.5. The molecule has 1 aliphatic rings. The largest absolute Gasteiger partial charge is 0.339 e. The van der Waals surface area contributed by atoms with Crippen LogP contribution in [0.1, 0.15) is 42.9 Å². The van der Waals surface area contributed by atoms with Crippen LogP contribution in [0.25, 0.3) is 0 Å². The van der Waals surface area contributed by atoms with Crippen molar-refractivity contribution in [3.63, 3.8) is 0 Å². The predicted octanol–water partition coefficient (Wildman–Crippen LogP) is 2.94. The van der Waals surface area contributed by atoms with E-state index in [2.05, 4.69) is 38.2 Å². The summed E-state index contributed by atoms with van der Waals surface area (Å²) in [6.07, 6.45) is 4.27. The van der Waals surface area contributed by atoms with E-state index < -0.39 is 0 Å². The summed E-state index contributed by atoms with van der Waals surface area (Å²) in [5.41, 5.74) is 0. The van der Waals surface area contributed by atoms with Gasteiger partial charge in [-0.1, -0.05) is 13.8 Å². The zero-order chi connectivity index (χ0) is 11.5. The molecule has 0 radical (unpaired) electrons. The fourth-order valence-corrected chi connectivity index (χ4v) is 3.68. The second-order valence-corrected chi connectivity index (χ2v) is 6.76. The van der Waals surface area contributed by atoms with Crippen molar-refractivity contribution in [1.29, 1.82) is 0 Å². The third kappa shape index (κ3) is 2.86. The van der Waals surface area contributed by atoms with Crippen LogP contribution in [0, 0.1) is 18.8 Å². The second-order valence-electron chi connectivity index (χ2n) is 5.38. The Morgan fingerprint density at radius 3 is 2.81 bits per heavy atom. The molecule has 2 N–H and O–H groups in total. The van der Waals surface area contributed by atoms with E-state index in [1.165, 1.54) is 35.6 Å². The van der Waals surface area contributed by atoms with Crippen LogP contribution >= 0.6 is 11.3 Å². The monoisotopic (exact) mass is 238 g/mol. The summed E-state index contributed by atoms with van der Waals surface area (Å²) >= 11 is 1.95. The molecule has 2 rings (SSSR count). The van der Waals surface area contributed by atoms with Crippen molar-refractivity contribution >= 4 is 11.3 Å². The van der Waals surface area contributed by atoms with E-state index in [9.17, 15) is 0 Å². The Bertz CT molecular complexity index is 331. The van der Waals surface area contributed by atoms with E-state index in [0.717, 1.165) is 17.9 Å². The van der Waals surface area contributed by atoms with Gasteiger partial charge in [0.1, 0.15) is 6.54 Å². The third-order valence-electron chi connectivity index (χ3n) is 4.19. The van der Waals surface area contributed by atoms with Crippen molar-refractivity contribution in [1.82, 2.24) is 0 Å². The highest BCUT2D eigenvalue weighted by Crippen LogP contribution is 2.27. The van der Waals surface area contributed by atoms with Crippen LogP contribution in [0.15, 0.2) is 12.1 Å². The molecule has 1 heterocycles. The molecule has 1 aromatic rings. The molecule has 0 aliphatic heterocycles. The Hall–Kier alpha value is -0.340. The van der Waals surface area contributed by atoms with Crippen LogP contribution in [-0.4, -0.2) is 6.04 Å². The van der Waals surface area contributed by atoms with Crippen LogP contribution in [0.2, 0.25) is 0 Å². The molecule has 16 heavy (non-hydrogen) atoms. The lowest BCUT2D eigenvalue weighted by Crippen LogP contribution is -2.90. The predicted molar refractivity (Wildman–Crippen MR) is 70.7 cm³/mol. The molecule has 0 aromatic carbocycles. The molecule has 0 bridgehead atoms. The molecule has 1 aliphatic carbocycles. The molecule has 0 spiro atoms. The summed E-state index contributed by atoms with van der Waals surface area (Å²) in [5, 5.41) is 2.58. The Labute approximate surface area is 103 Å². The van der Waals surface area contributed by atoms with E-state index in [-0.39, 0.29) is 0 Å².